The van der Waals surface area contributed by atoms with Gasteiger partial charge >= 0.3 is 0 Å². The number of sulfonamides is 1. The van der Waals surface area contributed by atoms with Crippen LogP contribution in [0, 0.1) is 0 Å². The average molecular weight is 369 g/mol. The maximum absolute atomic E-state index is 12.2. The summed E-state index contributed by atoms with van der Waals surface area (Å²) in [5, 5.41) is 3.10. The maximum Gasteiger partial charge on any atom is 0.221 e. The molecule has 2 fully saturated rings. The molecule has 2 atom stereocenters. The Labute approximate surface area is 148 Å². The lowest BCUT2D eigenvalue weighted by molar-refractivity contribution is -0.121. The van der Waals surface area contributed by atoms with Crippen LogP contribution in [0.1, 0.15) is 32.1 Å². The third-order valence-corrected chi connectivity index (χ3v) is 7.13. The first kappa shape index (κ1) is 17.8. The fourth-order valence-electron chi connectivity index (χ4n) is 3.87. The topological polar surface area (TPSA) is 66.5 Å². The molecule has 0 aliphatic carbocycles. The number of amides is 1. The van der Waals surface area contributed by atoms with Gasteiger partial charge in [0.2, 0.25) is 15.9 Å². The number of fused-ring (bicyclic) bond motifs is 2. The Balaban J connectivity index is 1.45. The summed E-state index contributed by atoms with van der Waals surface area (Å²) in [5.74, 6) is 0.820. The molecular formula is C17H24N2O3S2. The Morgan fingerprint density at radius 2 is 1.83 bits per heavy atom. The van der Waals surface area contributed by atoms with Gasteiger partial charge in [-0.15, -0.1) is 11.8 Å². The number of carbonyl (C=O) groups excluding carboxylic acids is 1. The summed E-state index contributed by atoms with van der Waals surface area (Å²) in [7, 11) is -3.14. The first-order valence-corrected chi connectivity index (χ1v) is 11.2. The second kappa shape index (κ2) is 7.45. The van der Waals surface area contributed by atoms with Gasteiger partial charge in [0.15, 0.2) is 0 Å². The summed E-state index contributed by atoms with van der Waals surface area (Å²) < 4.78 is 25.4. The second-order valence-corrected chi connectivity index (χ2v) is 9.68. The lowest BCUT2D eigenvalue weighted by Gasteiger charge is -2.37. The van der Waals surface area contributed by atoms with Gasteiger partial charge in [-0.2, -0.15) is 4.31 Å². The van der Waals surface area contributed by atoms with E-state index in [1.54, 1.807) is 16.1 Å². The minimum atomic E-state index is -3.14. The molecule has 1 aromatic rings. The van der Waals surface area contributed by atoms with E-state index >= 15 is 0 Å². The predicted octanol–water partition coefficient (Wildman–Crippen LogP) is 2.24. The van der Waals surface area contributed by atoms with Gasteiger partial charge in [-0.05, 0) is 37.8 Å². The van der Waals surface area contributed by atoms with Crippen LogP contribution < -0.4 is 5.32 Å². The molecule has 2 saturated heterocycles. The van der Waals surface area contributed by atoms with Crippen LogP contribution in [-0.4, -0.2) is 48.8 Å². The summed E-state index contributed by atoms with van der Waals surface area (Å²) in [6.07, 6.45) is 5.07. The normalized spacial score (nSPS) is 27.1. The Kier molecular flexibility index (Phi) is 5.52. The highest BCUT2D eigenvalue weighted by atomic mass is 32.2. The molecule has 132 valence electrons. The maximum atomic E-state index is 12.2. The standard InChI is InChI=1S/C17H24N2O3S2/c1-24(21,22)19-14-7-8-15(19)12-13(11-14)18-17(20)9-10-23-16-5-3-2-4-6-16/h2-6,13-15H,7-12H2,1H3,(H,18,20)/t14-,15-/m0/s1. The number of carbonyl (C=O) groups is 1. The van der Waals surface area contributed by atoms with Crippen molar-refractivity contribution in [3.63, 3.8) is 0 Å². The molecule has 1 aromatic carbocycles. The molecule has 0 unspecified atom stereocenters. The third kappa shape index (κ3) is 4.32. The summed E-state index contributed by atoms with van der Waals surface area (Å²) >= 11 is 1.68. The molecule has 5 nitrogen and oxygen atoms in total. The Morgan fingerprint density at radius 3 is 2.42 bits per heavy atom. The zero-order valence-electron chi connectivity index (χ0n) is 13.8. The molecule has 2 bridgehead atoms. The van der Waals surface area contributed by atoms with Crippen molar-refractivity contribution in [1.29, 1.82) is 0 Å². The molecule has 0 aromatic heterocycles. The van der Waals surface area contributed by atoms with Crippen molar-refractivity contribution in [3.05, 3.63) is 30.3 Å². The van der Waals surface area contributed by atoms with Crippen LogP contribution in [-0.2, 0) is 14.8 Å². The Morgan fingerprint density at radius 1 is 1.21 bits per heavy atom. The van der Waals surface area contributed by atoms with Gasteiger partial charge in [0.25, 0.3) is 0 Å². The van der Waals surface area contributed by atoms with E-state index in [0.717, 1.165) is 31.4 Å². The molecule has 1 N–H and O–H groups in total. The molecule has 0 spiro atoms. The van der Waals surface area contributed by atoms with Gasteiger partial charge in [0.1, 0.15) is 0 Å². The van der Waals surface area contributed by atoms with E-state index in [2.05, 4.69) is 5.32 Å². The van der Waals surface area contributed by atoms with Crippen molar-refractivity contribution >= 4 is 27.7 Å². The van der Waals surface area contributed by atoms with Crippen molar-refractivity contribution in [2.75, 3.05) is 12.0 Å². The number of rotatable bonds is 6. The highest BCUT2D eigenvalue weighted by molar-refractivity contribution is 7.99. The lowest BCUT2D eigenvalue weighted by atomic mass is 9.99. The molecule has 2 heterocycles. The van der Waals surface area contributed by atoms with Crippen LogP contribution in [0.2, 0.25) is 0 Å². The van der Waals surface area contributed by atoms with Crippen LogP contribution in [0.25, 0.3) is 0 Å². The van der Waals surface area contributed by atoms with E-state index < -0.39 is 10.0 Å². The van der Waals surface area contributed by atoms with Gasteiger partial charge in [-0.3, -0.25) is 4.79 Å². The summed E-state index contributed by atoms with van der Waals surface area (Å²) in [5.41, 5.74) is 0. The van der Waals surface area contributed by atoms with E-state index in [9.17, 15) is 13.2 Å². The second-order valence-electron chi connectivity index (χ2n) is 6.63. The van der Waals surface area contributed by atoms with E-state index in [-0.39, 0.29) is 24.0 Å². The van der Waals surface area contributed by atoms with Crippen LogP contribution in [0.3, 0.4) is 0 Å². The lowest BCUT2D eigenvalue weighted by Crippen LogP contribution is -2.52. The highest BCUT2D eigenvalue weighted by Gasteiger charge is 2.45. The summed E-state index contributed by atoms with van der Waals surface area (Å²) in [6, 6.07) is 10.3. The van der Waals surface area contributed by atoms with Gasteiger partial charge in [-0.1, -0.05) is 18.2 Å². The largest absolute Gasteiger partial charge is 0.353 e. The quantitative estimate of drug-likeness (QED) is 0.782. The molecule has 0 saturated carbocycles. The number of nitrogens with one attached hydrogen (secondary N) is 1. The molecule has 3 rings (SSSR count). The number of hydrogen-bond donors (Lipinski definition) is 1. The number of piperidine rings is 1. The number of benzene rings is 1. The summed E-state index contributed by atoms with van der Waals surface area (Å²) in [6.45, 7) is 0. The van der Waals surface area contributed by atoms with Crippen molar-refractivity contribution in [3.8, 4) is 0 Å². The van der Waals surface area contributed by atoms with Crippen molar-refractivity contribution in [2.24, 2.45) is 0 Å². The first-order chi connectivity index (χ1) is 11.4. The van der Waals surface area contributed by atoms with E-state index in [1.807, 2.05) is 30.3 Å². The van der Waals surface area contributed by atoms with Crippen LogP contribution in [0.15, 0.2) is 35.2 Å². The Hall–Kier alpha value is -1.05. The molecule has 24 heavy (non-hydrogen) atoms. The van der Waals surface area contributed by atoms with Crippen molar-refractivity contribution < 1.29 is 13.2 Å². The average Bonchev–Trinajstić information content (AvgIpc) is 2.81. The zero-order chi connectivity index (χ0) is 17.2. The first-order valence-electron chi connectivity index (χ1n) is 8.39. The zero-order valence-corrected chi connectivity index (χ0v) is 15.5. The third-order valence-electron chi connectivity index (χ3n) is 4.76. The van der Waals surface area contributed by atoms with E-state index in [4.69, 9.17) is 0 Å². The minimum absolute atomic E-state index is 0.0581. The minimum Gasteiger partial charge on any atom is -0.353 e. The number of thioether (sulfide) groups is 1. The monoisotopic (exact) mass is 368 g/mol. The smallest absolute Gasteiger partial charge is 0.221 e. The number of nitrogens with zero attached hydrogens (tertiary/aromatic N) is 1. The summed E-state index contributed by atoms with van der Waals surface area (Å²) in [4.78, 5) is 13.3. The van der Waals surface area contributed by atoms with E-state index in [0.29, 0.717) is 6.42 Å². The molecule has 7 heteroatoms. The van der Waals surface area contributed by atoms with Gasteiger partial charge < -0.3 is 5.32 Å². The van der Waals surface area contributed by atoms with E-state index in [1.165, 1.54) is 11.2 Å². The van der Waals surface area contributed by atoms with Crippen LogP contribution >= 0.6 is 11.8 Å². The molecule has 1 amide bonds. The molecular weight excluding hydrogens is 344 g/mol. The molecule has 2 aliphatic heterocycles. The van der Waals surface area contributed by atoms with Gasteiger partial charge in [-0.25, -0.2) is 8.42 Å². The SMILES string of the molecule is CS(=O)(=O)N1[C@H]2CC[C@H]1CC(NC(=O)CCSc1ccccc1)C2. The predicted molar refractivity (Wildman–Crippen MR) is 96.4 cm³/mol. The highest BCUT2D eigenvalue weighted by Crippen LogP contribution is 2.37. The molecule has 2 aliphatic rings. The molecule has 0 radical (unpaired) electrons. The Bertz CT molecular complexity index is 664. The van der Waals surface area contributed by atoms with Gasteiger partial charge in [0, 0.05) is 35.2 Å². The van der Waals surface area contributed by atoms with Crippen molar-refractivity contribution in [2.45, 2.75) is 55.1 Å². The number of hydrogen-bond acceptors (Lipinski definition) is 4. The van der Waals surface area contributed by atoms with Gasteiger partial charge in [0.05, 0.1) is 6.26 Å². The fraction of sp³-hybridized carbons (Fsp3) is 0.588. The van der Waals surface area contributed by atoms with Crippen LogP contribution in [0.5, 0.6) is 0 Å². The van der Waals surface area contributed by atoms with Crippen molar-refractivity contribution in [1.82, 2.24) is 9.62 Å². The van der Waals surface area contributed by atoms with Crippen LogP contribution in [0.4, 0.5) is 0 Å². The fourth-order valence-corrected chi connectivity index (χ4v) is 6.21.